The number of phosphoric ester groups is 1. The second-order valence-electron chi connectivity index (χ2n) is 16.5. The number of allylic oxidation sites excluding steroid dienone is 5. The molecule has 56 heavy (non-hydrogen) atoms. The third-order valence-corrected chi connectivity index (χ3v) is 10.7. The predicted octanol–water partition coefficient (Wildman–Crippen LogP) is 12.3. The van der Waals surface area contributed by atoms with Crippen molar-refractivity contribution in [1.82, 2.24) is 0 Å². The highest BCUT2D eigenvalue weighted by Gasteiger charge is 2.21. The molecule has 9 nitrogen and oxygen atoms in total. The Labute approximate surface area is 344 Å². The van der Waals surface area contributed by atoms with Gasteiger partial charge in [0.1, 0.15) is 19.8 Å². The van der Waals surface area contributed by atoms with E-state index in [0.717, 1.165) is 64.2 Å². The molecular weight excluding hydrogens is 725 g/mol. The van der Waals surface area contributed by atoms with Crippen molar-refractivity contribution in [3.05, 3.63) is 37.0 Å². The third kappa shape index (κ3) is 41.9. The summed E-state index contributed by atoms with van der Waals surface area (Å²) in [6.45, 7) is 5.72. The van der Waals surface area contributed by atoms with E-state index < -0.39 is 32.5 Å². The smallest absolute Gasteiger partial charge is 0.306 e. The van der Waals surface area contributed by atoms with E-state index >= 15 is 0 Å². The largest absolute Gasteiger partial charge is 0.756 e. The molecule has 0 bridgehead atoms. The molecule has 0 aliphatic rings. The first-order valence-corrected chi connectivity index (χ1v) is 24.1. The Kier molecular flexibility index (Phi) is 37.5. The van der Waals surface area contributed by atoms with Gasteiger partial charge in [0.2, 0.25) is 0 Å². The number of carbonyl (C=O) groups excluding carboxylic acids is 2. The van der Waals surface area contributed by atoms with Gasteiger partial charge in [-0.15, -0.1) is 6.58 Å². The number of hydrogen-bond donors (Lipinski definition) is 0. The van der Waals surface area contributed by atoms with E-state index in [4.69, 9.17) is 18.5 Å². The van der Waals surface area contributed by atoms with Crippen LogP contribution in [0.3, 0.4) is 0 Å². The van der Waals surface area contributed by atoms with Crippen LogP contribution in [0.5, 0.6) is 0 Å². The summed E-state index contributed by atoms with van der Waals surface area (Å²) < 4.78 is 33.9. The highest BCUT2D eigenvalue weighted by atomic mass is 31.2. The van der Waals surface area contributed by atoms with Crippen LogP contribution in [0.4, 0.5) is 0 Å². The molecule has 0 N–H and O–H groups in total. The molecular formula is C46H86NO8P. The fourth-order valence-electron chi connectivity index (χ4n) is 6.19. The normalized spacial score (nSPS) is 13.7. The summed E-state index contributed by atoms with van der Waals surface area (Å²) >= 11 is 0. The van der Waals surface area contributed by atoms with Gasteiger partial charge in [-0.3, -0.25) is 14.2 Å². The van der Waals surface area contributed by atoms with Crippen molar-refractivity contribution in [2.45, 2.75) is 199 Å². The van der Waals surface area contributed by atoms with E-state index in [1.165, 1.54) is 103 Å². The van der Waals surface area contributed by atoms with Crippen LogP contribution in [-0.4, -0.2) is 70.0 Å². The number of phosphoric acid groups is 1. The molecule has 0 amide bonds. The lowest BCUT2D eigenvalue weighted by atomic mass is 10.0. The lowest BCUT2D eigenvalue weighted by molar-refractivity contribution is -0.870. The average molecular weight is 812 g/mol. The molecule has 0 aliphatic carbocycles. The zero-order valence-corrected chi connectivity index (χ0v) is 37.6. The van der Waals surface area contributed by atoms with Gasteiger partial charge < -0.3 is 27.9 Å². The first-order valence-electron chi connectivity index (χ1n) is 22.7. The predicted molar refractivity (Wildman–Crippen MR) is 231 cm³/mol. The maximum atomic E-state index is 12.7. The van der Waals surface area contributed by atoms with Gasteiger partial charge in [0.15, 0.2) is 6.10 Å². The quantitative estimate of drug-likeness (QED) is 0.0197. The van der Waals surface area contributed by atoms with Gasteiger partial charge in [0.05, 0.1) is 27.7 Å². The van der Waals surface area contributed by atoms with E-state index in [0.29, 0.717) is 17.4 Å². The van der Waals surface area contributed by atoms with Crippen LogP contribution in [-0.2, 0) is 32.7 Å². The molecule has 0 spiro atoms. The van der Waals surface area contributed by atoms with Crippen LogP contribution in [0.2, 0.25) is 0 Å². The lowest BCUT2D eigenvalue weighted by Crippen LogP contribution is -2.37. The average Bonchev–Trinajstić information content (AvgIpc) is 3.15. The van der Waals surface area contributed by atoms with Gasteiger partial charge in [0.25, 0.3) is 7.82 Å². The molecule has 2 atom stereocenters. The molecule has 0 aromatic heterocycles. The van der Waals surface area contributed by atoms with Gasteiger partial charge in [-0.05, 0) is 57.8 Å². The SMILES string of the molecule is C=CCCCCCCCCCCCCCCCC(=O)O[C@H](COC(=O)CCCCCCCCC/C=C/C/C=C/CCCCC)COP(=O)([O-])OCC[N+](C)(C)C. The topological polar surface area (TPSA) is 111 Å². The molecule has 1 unspecified atom stereocenters. The fourth-order valence-corrected chi connectivity index (χ4v) is 6.92. The van der Waals surface area contributed by atoms with Crippen molar-refractivity contribution in [2.24, 2.45) is 0 Å². The summed E-state index contributed by atoms with van der Waals surface area (Å²) in [6.07, 6.45) is 42.0. The van der Waals surface area contributed by atoms with E-state index in [1.807, 2.05) is 27.2 Å². The summed E-state index contributed by atoms with van der Waals surface area (Å²) in [5.41, 5.74) is 0. The zero-order valence-electron chi connectivity index (χ0n) is 36.7. The first-order chi connectivity index (χ1) is 27.0. The number of likely N-dealkylation sites (N-methyl/N-ethyl adjacent to an activating group) is 1. The van der Waals surface area contributed by atoms with Crippen molar-refractivity contribution in [3.8, 4) is 0 Å². The summed E-state index contributed by atoms with van der Waals surface area (Å²) in [4.78, 5) is 37.6. The van der Waals surface area contributed by atoms with Gasteiger partial charge in [-0.25, -0.2) is 0 Å². The third-order valence-electron chi connectivity index (χ3n) is 9.78. The summed E-state index contributed by atoms with van der Waals surface area (Å²) in [5, 5.41) is 0. The highest BCUT2D eigenvalue weighted by Crippen LogP contribution is 2.38. The highest BCUT2D eigenvalue weighted by molar-refractivity contribution is 7.45. The number of nitrogens with zero attached hydrogens (tertiary/aromatic N) is 1. The second kappa shape index (κ2) is 38.7. The molecule has 0 radical (unpaired) electrons. The van der Waals surface area contributed by atoms with Crippen LogP contribution in [0.1, 0.15) is 193 Å². The minimum atomic E-state index is -4.63. The zero-order chi connectivity index (χ0) is 41.4. The van der Waals surface area contributed by atoms with Crippen molar-refractivity contribution in [3.63, 3.8) is 0 Å². The van der Waals surface area contributed by atoms with Crippen molar-refractivity contribution in [2.75, 3.05) is 47.5 Å². The number of ether oxygens (including phenoxy) is 2. The van der Waals surface area contributed by atoms with Gasteiger partial charge in [-0.1, -0.05) is 153 Å². The Balaban J connectivity index is 4.32. The molecule has 0 aliphatic heterocycles. The number of carbonyl (C=O) groups is 2. The van der Waals surface area contributed by atoms with Gasteiger partial charge >= 0.3 is 11.9 Å². The van der Waals surface area contributed by atoms with E-state index in [2.05, 4.69) is 37.8 Å². The van der Waals surface area contributed by atoms with E-state index in [1.54, 1.807) is 0 Å². The number of rotatable bonds is 42. The molecule has 328 valence electrons. The molecule has 0 fully saturated rings. The van der Waals surface area contributed by atoms with Crippen LogP contribution in [0.15, 0.2) is 37.0 Å². The molecule has 10 heteroatoms. The Morgan fingerprint density at radius 1 is 0.607 bits per heavy atom. The molecule has 0 rings (SSSR count). The van der Waals surface area contributed by atoms with E-state index in [9.17, 15) is 19.0 Å². The Bertz CT molecular complexity index is 1040. The summed E-state index contributed by atoms with van der Waals surface area (Å²) in [5.74, 6) is -0.843. The number of esters is 2. The van der Waals surface area contributed by atoms with Crippen molar-refractivity contribution in [1.29, 1.82) is 0 Å². The maximum absolute atomic E-state index is 12.7. The minimum Gasteiger partial charge on any atom is -0.756 e. The number of hydrogen-bond acceptors (Lipinski definition) is 8. The van der Waals surface area contributed by atoms with Crippen LogP contribution in [0.25, 0.3) is 0 Å². The van der Waals surface area contributed by atoms with Crippen LogP contribution >= 0.6 is 7.82 Å². The standard InChI is InChI=1S/C46H86NO8P/c1-6-8-10-12-14-16-18-20-22-23-25-26-28-30-32-34-36-38-45(48)52-42-44(43-54-56(50,51)53-41-40-47(3,4)5)55-46(49)39-37-35-33-31-29-27-24-21-19-17-15-13-11-9-7-2/h7,14,16,20,22,44H,2,6,8-13,15,17-19,21,23-43H2,1,3-5H3/b16-14+,22-20+/t44-/m1/s1. The van der Waals surface area contributed by atoms with Gasteiger partial charge in [-0.2, -0.15) is 0 Å². The Morgan fingerprint density at radius 2 is 1.05 bits per heavy atom. The number of unbranched alkanes of at least 4 members (excludes halogenated alkanes) is 23. The first kappa shape index (κ1) is 54.2. The Hall–Kier alpha value is -1.77. The monoisotopic (exact) mass is 812 g/mol. The fraction of sp³-hybridized carbons (Fsp3) is 0.826. The maximum Gasteiger partial charge on any atom is 0.306 e. The van der Waals surface area contributed by atoms with Crippen molar-refractivity contribution >= 4 is 19.8 Å². The minimum absolute atomic E-state index is 0.0326. The number of quaternary nitrogens is 1. The molecule has 0 aromatic rings. The molecule has 0 heterocycles. The summed E-state index contributed by atoms with van der Waals surface area (Å²) in [6, 6.07) is 0. The van der Waals surface area contributed by atoms with Crippen molar-refractivity contribution < 1.29 is 42.1 Å². The van der Waals surface area contributed by atoms with Crippen LogP contribution in [0, 0.1) is 0 Å². The summed E-state index contributed by atoms with van der Waals surface area (Å²) in [7, 11) is 1.16. The van der Waals surface area contributed by atoms with Gasteiger partial charge in [0, 0.05) is 12.8 Å². The molecule has 0 aromatic carbocycles. The van der Waals surface area contributed by atoms with Crippen LogP contribution < -0.4 is 4.89 Å². The second-order valence-corrected chi connectivity index (χ2v) is 17.9. The Morgan fingerprint density at radius 3 is 1.54 bits per heavy atom. The molecule has 0 saturated heterocycles. The lowest BCUT2D eigenvalue weighted by Gasteiger charge is -2.28. The van der Waals surface area contributed by atoms with E-state index in [-0.39, 0.29) is 26.1 Å². The molecule has 0 saturated carbocycles.